The minimum atomic E-state index is -0.103. The van der Waals surface area contributed by atoms with Crippen LogP contribution in [0.1, 0.15) is 11.1 Å². The second-order valence-electron chi connectivity index (χ2n) is 5.47. The van der Waals surface area contributed by atoms with E-state index in [-0.39, 0.29) is 12.7 Å². The molecule has 0 aromatic heterocycles. The van der Waals surface area contributed by atoms with Crippen molar-refractivity contribution in [1.82, 2.24) is 0 Å². The number of amides is 1. The van der Waals surface area contributed by atoms with Crippen molar-refractivity contribution in [3.63, 3.8) is 0 Å². The van der Waals surface area contributed by atoms with Crippen LogP contribution >= 0.6 is 24.0 Å². The van der Waals surface area contributed by atoms with Gasteiger partial charge < -0.3 is 9.47 Å². The lowest BCUT2D eigenvalue weighted by molar-refractivity contribution is -0.113. The second-order valence-corrected chi connectivity index (χ2v) is 7.14. The first-order chi connectivity index (χ1) is 11.6. The van der Waals surface area contributed by atoms with Crippen LogP contribution in [0.3, 0.4) is 0 Å². The van der Waals surface area contributed by atoms with Crippen LogP contribution < -0.4 is 14.4 Å². The fourth-order valence-corrected chi connectivity index (χ4v) is 3.91. The van der Waals surface area contributed by atoms with Crippen molar-refractivity contribution in [2.45, 2.75) is 6.92 Å². The third-order valence-electron chi connectivity index (χ3n) is 3.75. The molecule has 24 heavy (non-hydrogen) atoms. The monoisotopic (exact) mass is 355 g/mol. The van der Waals surface area contributed by atoms with E-state index in [1.165, 1.54) is 11.8 Å². The molecular weight excluding hydrogens is 342 g/mol. The quantitative estimate of drug-likeness (QED) is 0.598. The number of anilines is 1. The molecular formula is C18H13NO3S2. The summed E-state index contributed by atoms with van der Waals surface area (Å²) in [6, 6.07) is 13.4. The Morgan fingerprint density at radius 2 is 2.00 bits per heavy atom. The summed E-state index contributed by atoms with van der Waals surface area (Å²) in [5, 5.41) is 0. The van der Waals surface area contributed by atoms with Crippen LogP contribution in [0.4, 0.5) is 5.69 Å². The van der Waals surface area contributed by atoms with Gasteiger partial charge in [-0.3, -0.25) is 9.69 Å². The number of thiocarbonyl (C=S) groups is 1. The van der Waals surface area contributed by atoms with E-state index in [4.69, 9.17) is 21.7 Å². The van der Waals surface area contributed by atoms with Crippen molar-refractivity contribution in [2.24, 2.45) is 0 Å². The summed E-state index contributed by atoms with van der Waals surface area (Å²) in [6.07, 6.45) is 1.83. The molecule has 0 N–H and O–H groups in total. The van der Waals surface area contributed by atoms with Gasteiger partial charge in [0, 0.05) is 0 Å². The predicted octanol–water partition coefficient (Wildman–Crippen LogP) is 4.13. The molecule has 4 rings (SSSR count). The predicted molar refractivity (Wildman–Crippen MR) is 99.4 cm³/mol. The number of aryl methyl sites for hydroxylation is 1. The number of ether oxygens (including phenoxy) is 2. The van der Waals surface area contributed by atoms with Crippen molar-refractivity contribution in [3.05, 3.63) is 58.5 Å². The van der Waals surface area contributed by atoms with E-state index in [1.807, 2.05) is 55.5 Å². The van der Waals surface area contributed by atoms with Crippen LogP contribution in [0, 0.1) is 6.92 Å². The summed E-state index contributed by atoms with van der Waals surface area (Å²) >= 11 is 6.71. The zero-order valence-electron chi connectivity index (χ0n) is 12.8. The van der Waals surface area contributed by atoms with Gasteiger partial charge in [-0.05, 0) is 48.4 Å². The van der Waals surface area contributed by atoms with Crippen molar-refractivity contribution >= 4 is 46.0 Å². The van der Waals surface area contributed by atoms with E-state index in [0.717, 1.165) is 22.6 Å². The van der Waals surface area contributed by atoms with Crippen LogP contribution in [0.25, 0.3) is 6.08 Å². The Morgan fingerprint density at radius 1 is 1.17 bits per heavy atom. The number of hydrogen-bond donors (Lipinski definition) is 0. The maximum atomic E-state index is 12.8. The minimum Gasteiger partial charge on any atom is -0.454 e. The van der Waals surface area contributed by atoms with Crippen molar-refractivity contribution in [3.8, 4) is 11.5 Å². The van der Waals surface area contributed by atoms with Crippen LogP contribution in [0.5, 0.6) is 11.5 Å². The molecule has 2 aliphatic heterocycles. The molecule has 2 aromatic carbocycles. The Kier molecular flexibility index (Phi) is 3.78. The van der Waals surface area contributed by atoms with Crippen molar-refractivity contribution in [2.75, 3.05) is 11.7 Å². The number of rotatable bonds is 2. The summed E-state index contributed by atoms with van der Waals surface area (Å²) < 4.78 is 11.2. The molecule has 0 aliphatic carbocycles. The van der Waals surface area contributed by atoms with Crippen LogP contribution in [-0.2, 0) is 4.79 Å². The van der Waals surface area contributed by atoms with E-state index in [0.29, 0.717) is 15.0 Å². The highest BCUT2D eigenvalue weighted by molar-refractivity contribution is 8.27. The number of benzene rings is 2. The molecule has 0 bridgehead atoms. The zero-order chi connectivity index (χ0) is 16.7. The number of nitrogens with zero attached hydrogens (tertiary/aromatic N) is 1. The molecule has 6 heteroatoms. The molecule has 120 valence electrons. The molecule has 0 saturated carbocycles. The van der Waals surface area contributed by atoms with Gasteiger partial charge in [0.15, 0.2) is 15.8 Å². The lowest BCUT2D eigenvalue weighted by Gasteiger charge is -2.14. The van der Waals surface area contributed by atoms with Gasteiger partial charge in [-0.1, -0.05) is 42.2 Å². The van der Waals surface area contributed by atoms with Crippen molar-refractivity contribution in [1.29, 1.82) is 0 Å². The highest BCUT2D eigenvalue weighted by atomic mass is 32.2. The summed E-state index contributed by atoms with van der Waals surface area (Å²) in [4.78, 5) is 14.9. The minimum absolute atomic E-state index is 0.103. The first-order valence-corrected chi connectivity index (χ1v) is 8.58. The summed E-state index contributed by atoms with van der Waals surface area (Å²) in [5.74, 6) is 1.31. The Bertz CT molecular complexity index is 892. The number of hydrogen-bond acceptors (Lipinski definition) is 5. The lowest BCUT2D eigenvalue weighted by atomic mass is 10.1. The molecule has 2 heterocycles. The van der Waals surface area contributed by atoms with Gasteiger partial charge in [0.1, 0.15) is 0 Å². The highest BCUT2D eigenvalue weighted by Crippen LogP contribution is 2.38. The van der Waals surface area contributed by atoms with Crippen LogP contribution in [0.2, 0.25) is 0 Å². The summed E-state index contributed by atoms with van der Waals surface area (Å²) in [6.45, 7) is 2.22. The zero-order valence-corrected chi connectivity index (χ0v) is 14.4. The fraction of sp³-hybridized carbons (Fsp3) is 0.111. The molecule has 0 atom stereocenters. The fourth-order valence-electron chi connectivity index (χ4n) is 2.61. The number of carbonyl (C=O) groups excluding carboxylic acids is 1. The van der Waals surface area contributed by atoms with Gasteiger partial charge in [-0.25, -0.2) is 0 Å². The summed E-state index contributed by atoms with van der Waals surface area (Å²) in [7, 11) is 0. The summed E-state index contributed by atoms with van der Waals surface area (Å²) in [5.41, 5.74) is 2.76. The van der Waals surface area contributed by atoms with Gasteiger partial charge in [0.05, 0.1) is 10.6 Å². The molecule has 2 aromatic rings. The molecule has 1 fully saturated rings. The first-order valence-electron chi connectivity index (χ1n) is 7.36. The molecule has 2 aliphatic rings. The number of carbonyl (C=O) groups is 1. The smallest absolute Gasteiger partial charge is 0.270 e. The van der Waals surface area contributed by atoms with E-state index < -0.39 is 0 Å². The third-order valence-corrected chi connectivity index (χ3v) is 5.05. The van der Waals surface area contributed by atoms with Gasteiger partial charge in [-0.15, -0.1) is 0 Å². The van der Waals surface area contributed by atoms with Gasteiger partial charge in [0.25, 0.3) is 5.91 Å². The van der Waals surface area contributed by atoms with Gasteiger partial charge in [-0.2, -0.15) is 0 Å². The van der Waals surface area contributed by atoms with Crippen LogP contribution in [0.15, 0.2) is 47.4 Å². The Hall–Kier alpha value is -2.31. The van der Waals surface area contributed by atoms with Crippen LogP contribution in [-0.4, -0.2) is 17.0 Å². The number of fused-ring (bicyclic) bond motifs is 1. The average Bonchev–Trinajstić information content (AvgIpc) is 3.12. The SMILES string of the molecule is Cc1cccc(N2C(=O)/C(=C\c3ccc4c(c3)OCO4)SC2=S)c1. The normalized spacial score (nSPS) is 17.9. The molecule has 4 nitrogen and oxygen atoms in total. The van der Waals surface area contributed by atoms with E-state index in [2.05, 4.69) is 0 Å². The average molecular weight is 355 g/mol. The van der Waals surface area contributed by atoms with Crippen molar-refractivity contribution < 1.29 is 14.3 Å². The van der Waals surface area contributed by atoms with Gasteiger partial charge in [0.2, 0.25) is 6.79 Å². The second kappa shape index (κ2) is 5.96. The Labute approximate surface area is 149 Å². The maximum absolute atomic E-state index is 12.8. The molecule has 0 unspecified atom stereocenters. The molecule has 0 radical (unpaired) electrons. The maximum Gasteiger partial charge on any atom is 0.270 e. The van der Waals surface area contributed by atoms with E-state index >= 15 is 0 Å². The lowest BCUT2D eigenvalue weighted by Crippen LogP contribution is -2.27. The Balaban J connectivity index is 1.66. The Morgan fingerprint density at radius 3 is 2.83 bits per heavy atom. The number of thioether (sulfide) groups is 1. The van der Waals surface area contributed by atoms with E-state index in [9.17, 15) is 4.79 Å². The highest BCUT2D eigenvalue weighted by Gasteiger charge is 2.33. The first kappa shape index (κ1) is 15.2. The third kappa shape index (κ3) is 2.68. The van der Waals surface area contributed by atoms with E-state index in [1.54, 1.807) is 4.90 Å². The van der Waals surface area contributed by atoms with Gasteiger partial charge >= 0.3 is 0 Å². The molecule has 1 saturated heterocycles. The largest absolute Gasteiger partial charge is 0.454 e. The molecule has 1 amide bonds. The topological polar surface area (TPSA) is 38.8 Å². The molecule has 0 spiro atoms. The standard InChI is InChI=1S/C18H13NO3S2/c1-11-3-2-4-13(7-11)19-17(20)16(24-18(19)23)9-12-5-6-14-15(8-12)22-10-21-14/h2-9H,10H2,1H3/b16-9+.